The van der Waals surface area contributed by atoms with Crippen molar-refractivity contribution in [1.82, 2.24) is 9.21 Å². The minimum Gasteiger partial charge on any atom is -0.273 e. The number of sulfonamides is 1. The van der Waals surface area contributed by atoms with E-state index in [9.17, 15) is 18.0 Å². The maximum absolute atomic E-state index is 12.3. The molecule has 118 valence electrons. The summed E-state index contributed by atoms with van der Waals surface area (Å²) in [4.78, 5) is 25.4. The second kappa shape index (κ2) is 5.81. The van der Waals surface area contributed by atoms with E-state index in [1.54, 1.807) is 24.3 Å². The molecule has 2 aliphatic heterocycles. The summed E-state index contributed by atoms with van der Waals surface area (Å²) < 4.78 is 26.1. The van der Waals surface area contributed by atoms with Gasteiger partial charge in [-0.3, -0.25) is 14.5 Å². The van der Waals surface area contributed by atoms with Gasteiger partial charge in [-0.05, 0) is 25.0 Å². The van der Waals surface area contributed by atoms with Crippen molar-refractivity contribution in [3.8, 4) is 0 Å². The van der Waals surface area contributed by atoms with Crippen LogP contribution in [0.2, 0.25) is 0 Å². The average Bonchev–Trinajstić information content (AvgIpc) is 2.78. The van der Waals surface area contributed by atoms with Gasteiger partial charge in [-0.15, -0.1) is 0 Å². The highest BCUT2D eigenvalue weighted by atomic mass is 32.2. The molecule has 3 rings (SSSR count). The molecule has 0 atom stereocenters. The van der Waals surface area contributed by atoms with Gasteiger partial charge in [0.25, 0.3) is 11.8 Å². The standard InChI is InChI=1S/C15H18N2O4S/c18-14-12-6-2-3-7-13(12)15(19)17(14)10-11-22(20,21)16-8-4-1-5-9-16/h2-3,6-7H,1,4-5,8-11H2. The number of fused-ring (bicyclic) bond motifs is 1. The number of carbonyl (C=O) groups excluding carboxylic acids is 2. The van der Waals surface area contributed by atoms with Crippen LogP contribution in [0.1, 0.15) is 40.0 Å². The quantitative estimate of drug-likeness (QED) is 0.778. The first-order valence-corrected chi connectivity index (χ1v) is 9.05. The molecule has 0 aliphatic carbocycles. The van der Waals surface area contributed by atoms with E-state index in [1.807, 2.05) is 0 Å². The fourth-order valence-electron chi connectivity index (χ4n) is 2.92. The van der Waals surface area contributed by atoms with Gasteiger partial charge in [-0.2, -0.15) is 0 Å². The van der Waals surface area contributed by atoms with E-state index in [0.717, 1.165) is 24.2 Å². The van der Waals surface area contributed by atoms with Crippen molar-refractivity contribution >= 4 is 21.8 Å². The zero-order valence-electron chi connectivity index (χ0n) is 12.2. The number of nitrogens with zero attached hydrogens (tertiary/aromatic N) is 2. The summed E-state index contributed by atoms with van der Waals surface area (Å²) in [5.41, 5.74) is 0.700. The van der Waals surface area contributed by atoms with Gasteiger partial charge >= 0.3 is 0 Å². The number of imide groups is 1. The second-order valence-electron chi connectivity index (χ2n) is 5.58. The van der Waals surface area contributed by atoms with E-state index in [1.165, 1.54) is 4.31 Å². The van der Waals surface area contributed by atoms with E-state index in [-0.39, 0.29) is 12.3 Å². The SMILES string of the molecule is O=C1c2ccccc2C(=O)N1CCS(=O)(=O)N1CCCCC1. The molecule has 0 aromatic heterocycles. The first kappa shape index (κ1) is 15.2. The molecule has 22 heavy (non-hydrogen) atoms. The summed E-state index contributed by atoms with van der Waals surface area (Å²) in [6.45, 7) is 0.972. The van der Waals surface area contributed by atoms with Gasteiger partial charge in [0.15, 0.2) is 0 Å². The third-order valence-corrected chi connectivity index (χ3v) is 6.01. The van der Waals surface area contributed by atoms with Crippen molar-refractivity contribution in [2.24, 2.45) is 0 Å². The van der Waals surface area contributed by atoms with Crippen molar-refractivity contribution < 1.29 is 18.0 Å². The lowest BCUT2D eigenvalue weighted by molar-refractivity contribution is 0.0663. The van der Waals surface area contributed by atoms with Crippen molar-refractivity contribution in [2.45, 2.75) is 19.3 Å². The molecule has 1 aromatic carbocycles. The summed E-state index contributed by atoms with van der Waals surface area (Å²) in [6.07, 6.45) is 2.78. The van der Waals surface area contributed by atoms with Gasteiger partial charge in [-0.1, -0.05) is 18.6 Å². The Labute approximate surface area is 129 Å². The molecule has 0 unspecified atom stereocenters. The van der Waals surface area contributed by atoms with Crippen LogP contribution in [0.3, 0.4) is 0 Å². The lowest BCUT2D eigenvalue weighted by Crippen LogP contribution is -2.41. The first-order chi connectivity index (χ1) is 10.5. The van der Waals surface area contributed by atoms with Crippen LogP contribution in [-0.2, 0) is 10.0 Å². The molecule has 0 spiro atoms. The van der Waals surface area contributed by atoms with Gasteiger partial charge in [0.2, 0.25) is 10.0 Å². The van der Waals surface area contributed by atoms with E-state index in [4.69, 9.17) is 0 Å². The van der Waals surface area contributed by atoms with Crippen molar-refractivity contribution in [3.63, 3.8) is 0 Å². The largest absolute Gasteiger partial charge is 0.273 e. The van der Waals surface area contributed by atoms with Crippen LogP contribution in [0.25, 0.3) is 0 Å². The fourth-order valence-corrected chi connectivity index (χ4v) is 4.41. The van der Waals surface area contributed by atoms with E-state index >= 15 is 0 Å². The van der Waals surface area contributed by atoms with Gasteiger partial charge in [-0.25, -0.2) is 12.7 Å². The number of carbonyl (C=O) groups is 2. The molecule has 1 aromatic rings. The van der Waals surface area contributed by atoms with E-state index < -0.39 is 21.8 Å². The molecule has 2 amide bonds. The monoisotopic (exact) mass is 322 g/mol. The summed E-state index contributed by atoms with van der Waals surface area (Å²) in [5, 5.41) is 0. The Balaban J connectivity index is 1.70. The molecular formula is C15H18N2O4S. The highest BCUT2D eigenvalue weighted by molar-refractivity contribution is 7.89. The lowest BCUT2D eigenvalue weighted by Gasteiger charge is -2.26. The normalized spacial score (nSPS) is 19.5. The van der Waals surface area contributed by atoms with Gasteiger partial charge in [0, 0.05) is 19.6 Å². The zero-order chi connectivity index (χ0) is 15.7. The highest BCUT2D eigenvalue weighted by Gasteiger charge is 2.36. The predicted molar refractivity (Wildman–Crippen MR) is 81.0 cm³/mol. The Morgan fingerprint density at radius 2 is 1.45 bits per heavy atom. The van der Waals surface area contributed by atoms with Crippen LogP contribution in [0.15, 0.2) is 24.3 Å². The van der Waals surface area contributed by atoms with Crippen molar-refractivity contribution in [2.75, 3.05) is 25.4 Å². The van der Waals surface area contributed by atoms with Gasteiger partial charge in [0.1, 0.15) is 0 Å². The number of benzene rings is 1. The molecule has 1 fully saturated rings. The van der Waals surface area contributed by atoms with Crippen molar-refractivity contribution in [1.29, 1.82) is 0 Å². The predicted octanol–water partition coefficient (Wildman–Crippen LogP) is 1.10. The number of hydrogen-bond acceptors (Lipinski definition) is 4. The maximum Gasteiger partial charge on any atom is 0.261 e. The summed E-state index contributed by atoms with van der Waals surface area (Å²) in [6, 6.07) is 6.57. The molecule has 7 heteroatoms. The van der Waals surface area contributed by atoms with Crippen LogP contribution in [0.4, 0.5) is 0 Å². The van der Waals surface area contributed by atoms with Gasteiger partial charge in [0.05, 0.1) is 16.9 Å². The maximum atomic E-state index is 12.3. The summed E-state index contributed by atoms with van der Waals surface area (Å²) in [7, 11) is -3.42. The molecule has 0 radical (unpaired) electrons. The zero-order valence-corrected chi connectivity index (χ0v) is 13.0. The topological polar surface area (TPSA) is 74.8 Å². The third-order valence-electron chi connectivity index (χ3n) is 4.16. The molecule has 2 aliphatic rings. The number of hydrogen-bond donors (Lipinski definition) is 0. The number of amides is 2. The van der Waals surface area contributed by atoms with Crippen LogP contribution in [-0.4, -0.2) is 54.8 Å². The van der Waals surface area contributed by atoms with Crippen LogP contribution in [0.5, 0.6) is 0 Å². The van der Waals surface area contributed by atoms with E-state index in [0.29, 0.717) is 24.2 Å². The number of piperidine rings is 1. The molecule has 0 N–H and O–H groups in total. The summed E-state index contributed by atoms with van der Waals surface area (Å²) >= 11 is 0. The molecule has 0 saturated carbocycles. The fraction of sp³-hybridized carbons (Fsp3) is 0.467. The van der Waals surface area contributed by atoms with Crippen LogP contribution < -0.4 is 0 Å². The summed E-state index contributed by atoms with van der Waals surface area (Å²) in [5.74, 6) is -1.03. The Morgan fingerprint density at radius 1 is 0.909 bits per heavy atom. The van der Waals surface area contributed by atoms with Gasteiger partial charge < -0.3 is 0 Å². The smallest absolute Gasteiger partial charge is 0.261 e. The molecule has 1 saturated heterocycles. The minimum atomic E-state index is -3.42. The van der Waals surface area contributed by atoms with Crippen LogP contribution in [0, 0.1) is 0 Å². The highest BCUT2D eigenvalue weighted by Crippen LogP contribution is 2.22. The Hall–Kier alpha value is -1.73. The number of rotatable bonds is 4. The average molecular weight is 322 g/mol. The molecule has 0 bridgehead atoms. The Morgan fingerprint density at radius 3 is 2.00 bits per heavy atom. The molecule has 2 heterocycles. The Bertz CT molecular complexity index is 673. The third kappa shape index (κ3) is 2.66. The lowest BCUT2D eigenvalue weighted by atomic mass is 10.1. The molecule has 6 nitrogen and oxygen atoms in total. The Kier molecular flexibility index (Phi) is 4.01. The minimum absolute atomic E-state index is 0.0921. The van der Waals surface area contributed by atoms with Crippen molar-refractivity contribution in [3.05, 3.63) is 35.4 Å². The second-order valence-corrected chi connectivity index (χ2v) is 7.67. The van der Waals surface area contributed by atoms with Crippen LogP contribution >= 0.6 is 0 Å². The molecular weight excluding hydrogens is 304 g/mol. The van der Waals surface area contributed by atoms with E-state index in [2.05, 4.69) is 0 Å². The first-order valence-electron chi connectivity index (χ1n) is 7.44.